The highest BCUT2D eigenvalue weighted by atomic mass is 35.5. The van der Waals surface area contributed by atoms with Crippen LogP contribution in [-0.2, 0) is 0 Å². The quantitative estimate of drug-likeness (QED) is 0.670. The van der Waals surface area contributed by atoms with Crippen molar-refractivity contribution in [2.24, 2.45) is 0 Å². The van der Waals surface area contributed by atoms with Crippen LogP contribution >= 0.6 is 23.1 Å². The van der Waals surface area contributed by atoms with Gasteiger partial charge >= 0.3 is 0 Å². The monoisotopic (exact) mass is 278 g/mol. The molecule has 0 fully saturated rings. The van der Waals surface area contributed by atoms with Crippen molar-refractivity contribution in [3.05, 3.63) is 29.9 Å². The maximum absolute atomic E-state index is 5.91. The zero-order valence-electron chi connectivity index (χ0n) is 9.28. The van der Waals surface area contributed by atoms with Crippen LogP contribution in [0, 0.1) is 0 Å². The van der Waals surface area contributed by atoms with Gasteiger partial charge in [0.15, 0.2) is 5.82 Å². The Morgan fingerprint density at radius 3 is 2.83 bits per heavy atom. The van der Waals surface area contributed by atoms with Crippen molar-refractivity contribution in [2.45, 2.75) is 0 Å². The molecule has 0 atom stereocenters. The third-order valence-electron chi connectivity index (χ3n) is 2.38. The molecule has 0 spiro atoms. The van der Waals surface area contributed by atoms with Gasteiger partial charge in [0.1, 0.15) is 23.3 Å². The lowest BCUT2D eigenvalue weighted by molar-refractivity contribution is 1.08. The first-order valence-corrected chi connectivity index (χ1v) is 6.18. The maximum atomic E-state index is 5.91. The zero-order valence-corrected chi connectivity index (χ0v) is 10.9. The van der Waals surface area contributed by atoms with Gasteiger partial charge in [0.25, 0.3) is 0 Å². The van der Waals surface area contributed by atoms with Crippen LogP contribution in [0.2, 0.25) is 5.15 Å². The fourth-order valence-corrected chi connectivity index (χ4v) is 2.19. The smallest absolute Gasteiger partial charge is 0.210 e. The van der Waals surface area contributed by atoms with Crippen LogP contribution in [0.1, 0.15) is 0 Å². The molecule has 0 bridgehead atoms. The summed E-state index contributed by atoms with van der Waals surface area (Å²) in [6.45, 7) is 0. The summed E-state index contributed by atoms with van der Waals surface area (Å²) in [6.07, 6.45) is 2.99. The van der Waals surface area contributed by atoms with Crippen molar-refractivity contribution in [3.8, 4) is 0 Å². The molecule has 0 aliphatic rings. The van der Waals surface area contributed by atoms with E-state index in [-0.39, 0.29) is 0 Å². The van der Waals surface area contributed by atoms with Gasteiger partial charge in [-0.25, -0.2) is 19.9 Å². The van der Waals surface area contributed by atoms with E-state index in [2.05, 4.69) is 24.3 Å². The van der Waals surface area contributed by atoms with E-state index in [0.717, 1.165) is 10.6 Å². The third kappa shape index (κ3) is 1.87. The first-order valence-electron chi connectivity index (χ1n) is 5.03. The van der Waals surface area contributed by atoms with Crippen molar-refractivity contribution in [1.82, 2.24) is 24.3 Å². The topological polar surface area (TPSA) is 67.7 Å². The van der Waals surface area contributed by atoms with Crippen LogP contribution in [0.5, 0.6) is 0 Å². The second-order valence-electron chi connectivity index (χ2n) is 3.48. The molecular formula is C10H7ClN6S. The largest absolute Gasteiger partial charge is 0.302 e. The molecule has 6 nitrogen and oxygen atoms in total. The predicted octanol–water partition coefficient (Wildman–Crippen LogP) is 2.30. The molecule has 3 rings (SSSR count). The van der Waals surface area contributed by atoms with Crippen molar-refractivity contribution in [1.29, 1.82) is 0 Å². The van der Waals surface area contributed by atoms with Crippen molar-refractivity contribution < 1.29 is 0 Å². The summed E-state index contributed by atoms with van der Waals surface area (Å²) in [7, 11) is 1.85. The first-order chi connectivity index (χ1) is 8.75. The van der Waals surface area contributed by atoms with Gasteiger partial charge in [-0.1, -0.05) is 11.6 Å². The minimum absolute atomic E-state index is 0.407. The number of fused-ring (bicyclic) bond motifs is 1. The SMILES string of the molecule is CN(c1ncns1)c1ncnc2ccc(Cl)nc12. The number of nitrogens with zero attached hydrogens (tertiary/aromatic N) is 6. The Balaban J connectivity index is 2.19. The molecule has 0 unspecified atom stereocenters. The fraction of sp³-hybridized carbons (Fsp3) is 0.100. The van der Waals surface area contributed by atoms with E-state index in [1.807, 2.05) is 18.0 Å². The summed E-state index contributed by atoms with van der Waals surface area (Å²) in [5.74, 6) is 0.652. The molecule has 0 aliphatic carbocycles. The Morgan fingerprint density at radius 2 is 2.06 bits per heavy atom. The molecule has 3 heterocycles. The van der Waals surface area contributed by atoms with Gasteiger partial charge in [-0.15, -0.1) is 0 Å². The third-order valence-corrected chi connectivity index (χ3v) is 3.34. The summed E-state index contributed by atoms with van der Waals surface area (Å²) in [6, 6.07) is 3.51. The lowest BCUT2D eigenvalue weighted by Gasteiger charge is -2.14. The van der Waals surface area contributed by atoms with Gasteiger partial charge < -0.3 is 4.90 Å². The minimum atomic E-state index is 0.407. The van der Waals surface area contributed by atoms with Gasteiger partial charge in [-0.2, -0.15) is 4.37 Å². The predicted molar refractivity (Wildman–Crippen MR) is 70.3 cm³/mol. The molecule has 18 heavy (non-hydrogen) atoms. The summed E-state index contributed by atoms with van der Waals surface area (Å²) in [5, 5.41) is 1.14. The lowest BCUT2D eigenvalue weighted by atomic mass is 10.3. The Hall–Kier alpha value is -1.86. The normalized spacial score (nSPS) is 10.8. The van der Waals surface area contributed by atoms with Crippen LogP contribution < -0.4 is 4.90 Å². The molecule has 0 amide bonds. The summed E-state index contributed by atoms with van der Waals surface area (Å²) in [5.41, 5.74) is 1.38. The van der Waals surface area contributed by atoms with Crippen LogP contribution in [0.4, 0.5) is 10.9 Å². The highest BCUT2D eigenvalue weighted by Gasteiger charge is 2.14. The van der Waals surface area contributed by atoms with E-state index in [0.29, 0.717) is 16.5 Å². The van der Waals surface area contributed by atoms with E-state index < -0.39 is 0 Å². The van der Waals surface area contributed by atoms with Crippen molar-refractivity contribution in [3.63, 3.8) is 0 Å². The maximum Gasteiger partial charge on any atom is 0.210 e. The molecule has 3 aromatic heterocycles. The molecule has 0 aliphatic heterocycles. The molecular weight excluding hydrogens is 272 g/mol. The van der Waals surface area contributed by atoms with Crippen molar-refractivity contribution >= 4 is 45.1 Å². The van der Waals surface area contributed by atoms with Crippen LogP contribution in [0.3, 0.4) is 0 Å². The number of hydrogen-bond acceptors (Lipinski definition) is 7. The lowest BCUT2D eigenvalue weighted by Crippen LogP contribution is -2.12. The van der Waals surface area contributed by atoms with E-state index in [1.165, 1.54) is 24.2 Å². The van der Waals surface area contributed by atoms with Crippen LogP contribution in [0.15, 0.2) is 24.8 Å². The number of aromatic nitrogens is 5. The standard InChI is InChI=1S/C10H7ClN6S/c1-17(10-14-5-15-18-10)9-8-6(12-4-13-9)2-3-7(11)16-8/h2-5H,1H3. The number of halogens is 1. The number of pyridine rings is 1. The highest BCUT2D eigenvalue weighted by molar-refractivity contribution is 7.09. The molecule has 0 saturated heterocycles. The Bertz CT molecular complexity index is 686. The van der Waals surface area contributed by atoms with E-state index in [9.17, 15) is 0 Å². The molecule has 0 radical (unpaired) electrons. The van der Waals surface area contributed by atoms with E-state index in [4.69, 9.17) is 11.6 Å². The van der Waals surface area contributed by atoms with Gasteiger partial charge in [0, 0.05) is 18.6 Å². The Kier molecular flexibility index (Phi) is 2.77. The average molecular weight is 279 g/mol. The molecule has 90 valence electrons. The highest BCUT2D eigenvalue weighted by Crippen LogP contribution is 2.27. The number of rotatable bonds is 2. The molecule has 0 saturated carbocycles. The number of anilines is 2. The molecule has 0 N–H and O–H groups in total. The van der Waals surface area contributed by atoms with Gasteiger partial charge in [-0.3, -0.25) is 0 Å². The molecule has 3 aromatic rings. The van der Waals surface area contributed by atoms with Gasteiger partial charge in [0.2, 0.25) is 5.13 Å². The second-order valence-corrected chi connectivity index (χ2v) is 4.63. The Morgan fingerprint density at radius 1 is 1.17 bits per heavy atom. The summed E-state index contributed by atoms with van der Waals surface area (Å²) in [4.78, 5) is 18.6. The van der Waals surface area contributed by atoms with Crippen molar-refractivity contribution in [2.75, 3.05) is 11.9 Å². The summed E-state index contributed by atoms with van der Waals surface area (Å²) < 4.78 is 3.97. The molecule has 0 aromatic carbocycles. The second kappa shape index (κ2) is 4.43. The van der Waals surface area contributed by atoms with Crippen LogP contribution in [0.25, 0.3) is 11.0 Å². The van der Waals surface area contributed by atoms with Crippen LogP contribution in [-0.4, -0.2) is 31.4 Å². The van der Waals surface area contributed by atoms with E-state index >= 15 is 0 Å². The molecule has 8 heteroatoms. The first kappa shape index (κ1) is 11.2. The average Bonchev–Trinajstić information content (AvgIpc) is 2.91. The number of hydrogen-bond donors (Lipinski definition) is 0. The minimum Gasteiger partial charge on any atom is -0.302 e. The van der Waals surface area contributed by atoms with E-state index in [1.54, 1.807) is 6.07 Å². The van der Waals surface area contributed by atoms with Gasteiger partial charge in [-0.05, 0) is 12.1 Å². The fourth-order valence-electron chi connectivity index (χ4n) is 1.55. The Labute approximate surface area is 111 Å². The zero-order chi connectivity index (χ0) is 12.5. The van der Waals surface area contributed by atoms with Gasteiger partial charge in [0.05, 0.1) is 5.52 Å². The summed E-state index contributed by atoms with van der Waals surface area (Å²) >= 11 is 7.19.